The summed E-state index contributed by atoms with van der Waals surface area (Å²) in [6, 6.07) is 5.02. The highest BCUT2D eigenvalue weighted by molar-refractivity contribution is 9.10. The average Bonchev–Trinajstić information content (AvgIpc) is 2.87. The minimum Gasteiger partial charge on any atom is -0.493 e. The first-order chi connectivity index (χ1) is 9.89. The van der Waals surface area contributed by atoms with Crippen molar-refractivity contribution in [2.45, 2.75) is 11.1 Å². The Labute approximate surface area is 136 Å². The van der Waals surface area contributed by atoms with Gasteiger partial charge in [0, 0.05) is 10.5 Å². The van der Waals surface area contributed by atoms with E-state index in [1.54, 1.807) is 30.5 Å². The Hall–Kier alpha value is -1.25. The number of nitrogens with one attached hydrogen (secondary N) is 1. The average molecular weight is 392 g/mol. The van der Waals surface area contributed by atoms with Gasteiger partial charge >= 0.3 is 0 Å². The van der Waals surface area contributed by atoms with E-state index in [2.05, 4.69) is 20.7 Å². The highest BCUT2D eigenvalue weighted by atomic mass is 79.9. The minimum atomic E-state index is -3.64. The van der Waals surface area contributed by atoms with Crippen LogP contribution in [0.2, 0.25) is 0 Å². The van der Waals surface area contributed by atoms with Crippen molar-refractivity contribution in [2.24, 2.45) is 0 Å². The fourth-order valence-corrected chi connectivity index (χ4v) is 5.21. The predicted octanol–water partition coefficient (Wildman–Crippen LogP) is 3.64. The number of halogens is 1. The molecule has 2 aromatic rings. The maximum absolute atomic E-state index is 12.4. The Morgan fingerprint density at radius 3 is 2.33 bits per heavy atom. The molecular formula is C13H14BrNO4S2. The number of aryl methyl sites for hydroxylation is 1. The molecule has 0 radical (unpaired) electrons. The summed E-state index contributed by atoms with van der Waals surface area (Å²) < 4.78 is 38.5. The van der Waals surface area contributed by atoms with Crippen molar-refractivity contribution in [2.75, 3.05) is 18.9 Å². The molecule has 0 saturated heterocycles. The first kappa shape index (κ1) is 16.1. The van der Waals surface area contributed by atoms with Crippen LogP contribution < -0.4 is 14.2 Å². The smallest absolute Gasteiger partial charge is 0.272 e. The summed E-state index contributed by atoms with van der Waals surface area (Å²) in [5.74, 6) is 1.02. The van der Waals surface area contributed by atoms with Gasteiger partial charge in [-0.05, 0) is 45.9 Å². The number of hydrogen-bond donors (Lipinski definition) is 1. The normalized spacial score (nSPS) is 11.2. The molecule has 0 amide bonds. The SMILES string of the molecule is COc1cc(C)c(NS(=O)(=O)c2sccc2Br)cc1OC. The highest BCUT2D eigenvalue weighted by Crippen LogP contribution is 2.35. The van der Waals surface area contributed by atoms with Gasteiger partial charge in [0.25, 0.3) is 10.0 Å². The standard InChI is InChI=1S/C13H14BrNO4S2/c1-8-6-11(18-2)12(19-3)7-10(8)15-21(16,17)13-9(14)4-5-20-13/h4-7,15H,1-3H3. The van der Waals surface area contributed by atoms with E-state index in [0.717, 1.165) is 16.9 Å². The second kappa shape index (κ2) is 6.25. The molecule has 114 valence electrons. The van der Waals surface area contributed by atoms with Gasteiger partial charge in [-0.1, -0.05) is 0 Å². The summed E-state index contributed by atoms with van der Waals surface area (Å²) >= 11 is 4.38. The van der Waals surface area contributed by atoms with Gasteiger partial charge in [0.2, 0.25) is 0 Å². The minimum absolute atomic E-state index is 0.233. The van der Waals surface area contributed by atoms with Gasteiger partial charge in [-0.25, -0.2) is 8.42 Å². The summed E-state index contributed by atoms with van der Waals surface area (Å²) in [4.78, 5) is 0. The van der Waals surface area contributed by atoms with Crippen molar-refractivity contribution in [3.8, 4) is 11.5 Å². The largest absolute Gasteiger partial charge is 0.493 e. The van der Waals surface area contributed by atoms with E-state index in [-0.39, 0.29) is 4.21 Å². The third kappa shape index (κ3) is 3.33. The van der Waals surface area contributed by atoms with Crippen molar-refractivity contribution in [3.05, 3.63) is 33.6 Å². The van der Waals surface area contributed by atoms with Crippen molar-refractivity contribution < 1.29 is 17.9 Å². The van der Waals surface area contributed by atoms with Gasteiger partial charge in [0.15, 0.2) is 15.7 Å². The predicted molar refractivity (Wildman–Crippen MR) is 87.1 cm³/mol. The van der Waals surface area contributed by atoms with E-state index in [9.17, 15) is 8.42 Å². The van der Waals surface area contributed by atoms with Crippen LogP contribution >= 0.6 is 27.3 Å². The Kier molecular flexibility index (Phi) is 4.80. The zero-order valence-electron chi connectivity index (χ0n) is 11.6. The second-order valence-corrected chi connectivity index (χ2v) is 7.83. The van der Waals surface area contributed by atoms with Crippen molar-refractivity contribution >= 4 is 43.0 Å². The van der Waals surface area contributed by atoms with Gasteiger partial charge < -0.3 is 9.47 Å². The molecule has 1 heterocycles. The highest BCUT2D eigenvalue weighted by Gasteiger charge is 2.21. The van der Waals surface area contributed by atoms with Crippen LogP contribution in [-0.4, -0.2) is 22.6 Å². The van der Waals surface area contributed by atoms with Gasteiger partial charge in [0.1, 0.15) is 0 Å². The molecule has 5 nitrogen and oxygen atoms in total. The molecule has 0 unspecified atom stereocenters. The van der Waals surface area contributed by atoms with E-state index in [1.165, 1.54) is 14.2 Å². The number of methoxy groups -OCH3 is 2. The summed E-state index contributed by atoms with van der Waals surface area (Å²) in [6.45, 7) is 1.79. The molecule has 0 aliphatic heterocycles. The molecule has 0 bridgehead atoms. The summed E-state index contributed by atoms with van der Waals surface area (Å²) in [5.41, 5.74) is 1.19. The number of hydrogen-bond acceptors (Lipinski definition) is 5. The maximum atomic E-state index is 12.4. The van der Waals surface area contributed by atoms with Gasteiger partial charge in [-0.3, -0.25) is 4.72 Å². The first-order valence-electron chi connectivity index (χ1n) is 5.87. The zero-order valence-corrected chi connectivity index (χ0v) is 14.9. The van der Waals surface area contributed by atoms with Crippen molar-refractivity contribution in [1.82, 2.24) is 0 Å². The van der Waals surface area contributed by atoms with Gasteiger partial charge in [0.05, 0.1) is 19.9 Å². The van der Waals surface area contributed by atoms with E-state index >= 15 is 0 Å². The first-order valence-corrected chi connectivity index (χ1v) is 9.03. The summed E-state index contributed by atoms with van der Waals surface area (Å²) in [5, 5.41) is 1.71. The van der Waals surface area contributed by atoms with Crippen molar-refractivity contribution in [1.29, 1.82) is 0 Å². The molecule has 0 atom stereocenters. The maximum Gasteiger partial charge on any atom is 0.272 e. The Bertz CT molecular complexity index is 756. The fourth-order valence-electron chi connectivity index (χ4n) is 1.75. The topological polar surface area (TPSA) is 64.6 Å². The van der Waals surface area contributed by atoms with Crippen LogP contribution in [0.3, 0.4) is 0 Å². The van der Waals surface area contributed by atoms with E-state index in [4.69, 9.17) is 9.47 Å². The third-order valence-electron chi connectivity index (χ3n) is 2.80. The Balaban J connectivity index is 2.42. The molecule has 1 aromatic carbocycles. The molecule has 2 rings (SSSR count). The third-order valence-corrected chi connectivity index (χ3v) is 6.84. The van der Waals surface area contributed by atoms with Crippen LogP contribution in [0, 0.1) is 6.92 Å². The number of benzene rings is 1. The van der Waals surface area contributed by atoms with Crippen LogP contribution in [0.5, 0.6) is 11.5 Å². The number of rotatable bonds is 5. The van der Waals surface area contributed by atoms with Crippen LogP contribution in [-0.2, 0) is 10.0 Å². The lowest BCUT2D eigenvalue weighted by Crippen LogP contribution is -2.13. The van der Waals surface area contributed by atoms with Crippen molar-refractivity contribution in [3.63, 3.8) is 0 Å². The monoisotopic (exact) mass is 391 g/mol. The van der Waals surface area contributed by atoms with E-state index in [0.29, 0.717) is 21.7 Å². The number of thiophene rings is 1. The molecule has 0 saturated carbocycles. The molecule has 21 heavy (non-hydrogen) atoms. The number of ether oxygens (including phenoxy) is 2. The molecule has 8 heteroatoms. The lowest BCUT2D eigenvalue weighted by molar-refractivity contribution is 0.355. The molecule has 1 aromatic heterocycles. The molecular weight excluding hydrogens is 378 g/mol. The van der Waals surface area contributed by atoms with E-state index < -0.39 is 10.0 Å². The van der Waals surface area contributed by atoms with Crippen LogP contribution in [0.1, 0.15) is 5.56 Å². The quantitative estimate of drug-likeness (QED) is 0.844. The Morgan fingerprint density at radius 2 is 1.81 bits per heavy atom. The van der Waals surface area contributed by atoms with Crippen LogP contribution in [0.4, 0.5) is 5.69 Å². The molecule has 1 N–H and O–H groups in total. The molecule has 0 aliphatic rings. The van der Waals surface area contributed by atoms with Gasteiger partial charge in [-0.2, -0.15) is 0 Å². The second-order valence-electron chi connectivity index (χ2n) is 4.18. The lowest BCUT2D eigenvalue weighted by Gasteiger charge is -2.14. The van der Waals surface area contributed by atoms with Gasteiger partial charge in [-0.15, -0.1) is 11.3 Å². The lowest BCUT2D eigenvalue weighted by atomic mass is 10.2. The summed E-state index contributed by atoms with van der Waals surface area (Å²) in [6.07, 6.45) is 0. The zero-order chi connectivity index (χ0) is 15.6. The molecule has 0 fully saturated rings. The van der Waals surface area contributed by atoms with E-state index in [1.807, 2.05) is 0 Å². The molecule has 0 spiro atoms. The summed E-state index contributed by atoms with van der Waals surface area (Å²) in [7, 11) is -0.609. The van der Waals surface area contributed by atoms with Crippen LogP contribution in [0.25, 0.3) is 0 Å². The Morgan fingerprint density at radius 1 is 1.19 bits per heavy atom. The fraction of sp³-hybridized carbons (Fsp3) is 0.231. The number of anilines is 1. The van der Waals surface area contributed by atoms with Crippen LogP contribution in [0.15, 0.2) is 32.3 Å². The molecule has 0 aliphatic carbocycles. The number of sulfonamides is 1.